The number of rotatable bonds is 9. The first-order chi connectivity index (χ1) is 19.7. The number of benzene rings is 3. The van der Waals surface area contributed by atoms with Crippen molar-refractivity contribution >= 4 is 11.6 Å². The van der Waals surface area contributed by atoms with Crippen molar-refractivity contribution in [3.63, 3.8) is 0 Å². The van der Waals surface area contributed by atoms with Gasteiger partial charge >= 0.3 is 0 Å². The van der Waals surface area contributed by atoms with Gasteiger partial charge in [-0.2, -0.15) is 0 Å². The zero-order valence-corrected chi connectivity index (χ0v) is 22.2. The van der Waals surface area contributed by atoms with Gasteiger partial charge in [-0.3, -0.25) is 4.79 Å². The fourth-order valence-corrected chi connectivity index (χ4v) is 5.80. The fraction of sp³-hybridized carbons (Fsp3) is 0.387. The lowest BCUT2D eigenvalue weighted by molar-refractivity contribution is -0.228. The van der Waals surface area contributed by atoms with Crippen molar-refractivity contribution in [3.8, 4) is 5.75 Å². The molecule has 0 aromatic heterocycles. The number of β-lactam (4-membered cyclic amide) rings is 1. The largest absolute Gasteiger partial charge is 0.508 e. The Morgan fingerprint density at radius 3 is 2.24 bits per heavy atom. The number of halogens is 1. The van der Waals surface area contributed by atoms with E-state index in [2.05, 4.69) is 0 Å². The van der Waals surface area contributed by atoms with Crippen LogP contribution in [0, 0.1) is 11.7 Å². The van der Waals surface area contributed by atoms with Gasteiger partial charge in [0, 0.05) is 17.7 Å². The lowest BCUT2D eigenvalue weighted by Crippen LogP contribution is -2.59. The molecule has 8 atom stereocenters. The van der Waals surface area contributed by atoms with Crippen molar-refractivity contribution in [2.75, 3.05) is 11.5 Å². The third-order valence-electron chi connectivity index (χ3n) is 8.10. The van der Waals surface area contributed by atoms with E-state index in [9.17, 15) is 39.8 Å². The number of ether oxygens (including phenoxy) is 1. The molecule has 9 nitrogen and oxygen atoms in total. The summed E-state index contributed by atoms with van der Waals surface area (Å²) >= 11 is 0. The predicted molar refractivity (Wildman–Crippen MR) is 146 cm³/mol. The maximum atomic E-state index is 13.3. The first kappa shape index (κ1) is 29.1. The summed E-state index contributed by atoms with van der Waals surface area (Å²) in [5, 5.41) is 61.8. The molecule has 2 unspecified atom stereocenters. The highest BCUT2D eigenvalue weighted by Crippen LogP contribution is 2.48. The molecule has 0 saturated carbocycles. The van der Waals surface area contributed by atoms with Crippen LogP contribution >= 0.6 is 0 Å². The number of carbonyl (C=O) groups is 1. The quantitative estimate of drug-likeness (QED) is 0.215. The predicted octanol–water partition coefficient (Wildman–Crippen LogP) is 2.13. The molecule has 3 aromatic carbocycles. The van der Waals surface area contributed by atoms with Crippen LogP contribution in [0.15, 0.2) is 72.8 Å². The Hall–Kier alpha value is -3.38. The van der Waals surface area contributed by atoms with Gasteiger partial charge in [0.25, 0.3) is 0 Å². The van der Waals surface area contributed by atoms with Crippen molar-refractivity contribution in [1.82, 2.24) is 0 Å². The van der Waals surface area contributed by atoms with Crippen LogP contribution in [0.4, 0.5) is 10.1 Å². The second-order valence-corrected chi connectivity index (χ2v) is 10.7. The summed E-state index contributed by atoms with van der Waals surface area (Å²) in [6.07, 6.45) is -6.51. The molecular weight excluding hydrogens is 533 g/mol. The van der Waals surface area contributed by atoms with Gasteiger partial charge in [0.1, 0.15) is 36.0 Å². The van der Waals surface area contributed by atoms with Crippen molar-refractivity contribution in [3.05, 3.63) is 95.3 Å². The average Bonchev–Trinajstić information content (AvgIpc) is 2.97. The van der Waals surface area contributed by atoms with Crippen LogP contribution in [-0.2, 0) is 16.0 Å². The van der Waals surface area contributed by atoms with Crippen molar-refractivity contribution in [2.45, 2.75) is 61.9 Å². The van der Waals surface area contributed by atoms with Gasteiger partial charge in [0.15, 0.2) is 0 Å². The summed E-state index contributed by atoms with van der Waals surface area (Å²) in [7, 11) is 0. The van der Waals surface area contributed by atoms with E-state index in [-0.39, 0.29) is 24.5 Å². The molecule has 0 spiro atoms. The zero-order valence-electron chi connectivity index (χ0n) is 22.2. The first-order valence-electron chi connectivity index (χ1n) is 13.6. The number of phenols is 1. The summed E-state index contributed by atoms with van der Waals surface area (Å²) in [5.41, 5.74) is 2.31. The number of aromatic hydroxyl groups is 1. The smallest absolute Gasteiger partial charge is 0.233 e. The minimum Gasteiger partial charge on any atom is -0.508 e. The van der Waals surface area contributed by atoms with Gasteiger partial charge in [0.05, 0.1) is 30.8 Å². The maximum Gasteiger partial charge on any atom is 0.233 e. The number of para-hydroxylation sites is 1. The van der Waals surface area contributed by atoms with Crippen LogP contribution in [0.1, 0.15) is 41.7 Å². The second-order valence-electron chi connectivity index (χ2n) is 10.7. The van der Waals surface area contributed by atoms with E-state index in [0.29, 0.717) is 28.8 Å². The number of hydrogen-bond acceptors (Lipinski definition) is 8. The van der Waals surface area contributed by atoms with Crippen LogP contribution in [0.2, 0.25) is 0 Å². The van der Waals surface area contributed by atoms with Crippen molar-refractivity contribution in [2.24, 2.45) is 5.92 Å². The van der Waals surface area contributed by atoms with Crippen LogP contribution in [-0.4, -0.2) is 73.7 Å². The Bertz CT molecular complexity index is 1340. The molecule has 6 N–H and O–H groups in total. The molecule has 2 saturated heterocycles. The first-order valence-corrected chi connectivity index (χ1v) is 13.6. The van der Waals surface area contributed by atoms with Gasteiger partial charge in [-0.15, -0.1) is 0 Å². The highest BCUT2D eigenvalue weighted by Gasteiger charge is 2.49. The number of anilines is 1. The van der Waals surface area contributed by atoms with E-state index in [1.807, 2.05) is 18.2 Å². The van der Waals surface area contributed by atoms with Crippen molar-refractivity contribution in [1.29, 1.82) is 0 Å². The molecular formula is C31H34FNO8. The Labute approximate surface area is 236 Å². The highest BCUT2D eigenvalue weighted by molar-refractivity contribution is 6.03. The van der Waals surface area contributed by atoms with E-state index in [1.165, 1.54) is 30.3 Å². The van der Waals surface area contributed by atoms with Gasteiger partial charge < -0.3 is 40.3 Å². The maximum absolute atomic E-state index is 13.3. The van der Waals surface area contributed by atoms with Gasteiger partial charge in [-0.25, -0.2) is 4.39 Å². The number of carbonyl (C=O) groups excluding carboxylic acids is 1. The lowest BCUT2D eigenvalue weighted by atomic mass is 9.77. The molecule has 5 rings (SSSR count). The normalized spacial score (nSPS) is 28.8. The van der Waals surface area contributed by atoms with E-state index in [0.717, 1.165) is 0 Å². The number of phenolic OH excluding ortho intramolecular Hbond substituents is 1. The van der Waals surface area contributed by atoms with Crippen LogP contribution < -0.4 is 4.90 Å². The summed E-state index contributed by atoms with van der Waals surface area (Å²) < 4.78 is 18.9. The number of amides is 1. The molecule has 2 heterocycles. The van der Waals surface area contributed by atoms with Gasteiger partial charge in [-0.05, 0) is 54.3 Å². The molecule has 218 valence electrons. The Morgan fingerprint density at radius 1 is 0.902 bits per heavy atom. The Morgan fingerprint density at radius 2 is 1.59 bits per heavy atom. The SMILES string of the molecule is O=C1[C@H](CC[C@H](O)c2ccc(F)cc2)[C@@H](c2ccc(C[C@@H]3OC(CO)[C@H](O)C(O)[C@H]3O)cc2O)N1c1ccccc1. The number of aliphatic hydroxyl groups excluding tert-OH is 5. The third kappa shape index (κ3) is 5.85. The summed E-state index contributed by atoms with van der Waals surface area (Å²) in [6.45, 7) is -0.534. The fourth-order valence-electron chi connectivity index (χ4n) is 5.80. The molecule has 2 fully saturated rings. The lowest BCUT2D eigenvalue weighted by Gasteiger charge is -2.48. The molecule has 0 radical (unpaired) electrons. The van der Waals surface area contributed by atoms with Crippen LogP contribution in [0.3, 0.4) is 0 Å². The van der Waals surface area contributed by atoms with Gasteiger partial charge in [0.2, 0.25) is 5.91 Å². The summed E-state index contributed by atoms with van der Waals surface area (Å²) in [4.78, 5) is 14.9. The summed E-state index contributed by atoms with van der Waals surface area (Å²) in [5.74, 6) is -1.14. The van der Waals surface area contributed by atoms with Crippen LogP contribution in [0.25, 0.3) is 0 Å². The standard InChI is InChI=1S/C31H34FNO8/c32-19-9-7-18(8-10-19)23(35)13-12-22-27(33(31(22)40)20-4-2-1-3-5-20)21-11-6-17(14-24(21)36)15-25-28(37)30(39)29(38)26(16-34)41-25/h1-11,14,22-23,25-30,34-39H,12-13,15-16H2/t22-,23+,25+,26?,27-,28+,29+,30?/m1/s1. The second kappa shape index (κ2) is 12.2. The molecule has 3 aromatic rings. The number of nitrogens with zero attached hydrogens (tertiary/aromatic N) is 1. The molecule has 10 heteroatoms. The molecule has 2 aliphatic heterocycles. The Kier molecular flexibility index (Phi) is 8.69. The van der Waals surface area contributed by atoms with E-state index in [4.69, 9.17) is 4.74 Å². The topological polar surface area (TPSA) is 151 Å². The van der Waals surface area contributed by atoms with E-state index in [1.54, 1.807) is 29.2 Å². The monoisotopic (exact) mass is 567 g/mol. The molecule has 0 aliphatic carbocycles. The number of aliphatic hydroxyl groups is 5. The number of hydrogen-bond donors (Lipinski definition) is 6. The highest BCUT2D eigenvalue weighted by atomic mass is 19.1. The minimum absolute atomic E-state index is 0.0744. The molecule has 2 aliphatic rings. The zero-order chi connectivity index (χ0) is 29.3. The summed E-state index contributed by atoms with van der Waals surface area (Å²) in [6, 6.07) is 19.1. The Balaban J connectivity index is 1.36. The van der Waals surface area contributed by atoms with E-state index < -0.39 is 61.0 Å². The average molecular weight is 568 g/mol. The minimum atomic E-state index is -1.50. The molecule has 41 heavy (non-hydrogen) atoms. The van der Waals surface area contributed by atoms with Gasteiger partial charge in [-0.1, -0.05) is 42.5 Å². The molecule has 1 amide bonds. The molecule has 0 bridgehead atoms. The van der Waals surface area contributed by atoms with E-state index >= 15 is 0 Å². The van der Waals surface area contributed by atoms with Crippen LogP contribution in [0.5, 0.6) is 5.75 Å². The third-order valence-corrected chi connectivity index (χ3v) is 8.10. The van der Waals surface area contributed by atoms with Crippen molar-refractivity contribution < 1.29 is 44.6 Å².